The largest absolute Gasteiger partial charge is 0.491 e. The maximum atomic E-state index is 12.1. The van der Waals surface area contributed by atoms with Crippen molar-refractivity contribution < 1.29 is 14.9 Å². The van der Waals surface area contributed by atoms with Gasteiger partial charge in [-0.05, 0) is 41.0 Å². The minimum absolute atomic E-state index is 0.1000. The lowest BCUT2D eigenvalue weighted by Crippen LogP contribution is -2.21. The van der Waals surface area contributed by atoms with Crippen LogP contribution in [0.25, 0.3) is 11.0 Å². The molecule has 0 fully saturated rings. The van der Waals surface area contributed by atoms with Crippen LogP contribution in [0.5, 0.6) is 5.75 Å². The van der Waals surface area contributed by atoms with Gasteiger partial charge in [-0.15, -0.1) is 0 Å². The molecular formula is C26H29N3O4. The topological polar surface area (TPSA) is 88.7 Å². The molecule has 0 bridgehead atoms. The molecule has 3 N–H and O–H groups in total. The Morgan fingerprint density at radius 2 is 1.55 bits per heavy atom. The molecule has 1 heterocycles. The average molecular weight is 448 g/mol. The van der Waals surface area contributed by atoms with E-state index in [4.69, 9.17) is 4.74 Å². The van der Waals surface area contributed by atoms with E-state index in [0.29, 0.717) is 24.4 Å². The van der Waals surface area contributed by atoms with E-state index >= 15 is 0 Å². The molecule has 4 aromatic rings. The van der Waals surface area contributed by atoms with Gasteiger partial charge in [0.05, 0.1) is 17.1 Å². The summed E-state index contributed by atoms with van der Waals surface area (Å²) in [4.78, 5) is 12.1. The Balaban J connectivity index is 1.29. The van der Waals surface area contributed by atoms with Crippen molar-refractivity contribution in [1.29, 1.82) is 0 Å². The number of fused-ring (bicyclic) bond motifs is 1. The number of nitrogens with one attached hydrogen (secondary N) is 1. The zero-order chi connectivity index (χ0) is 23.4. The summed E-state index contributed by atoms with van der Waals surface area (Å²) < 4.78 is 8.92. The molecule has 0 saturated heterocycles. The first kappa shape index (κ1) is 22.8. The molecule has 172 valence electrons. The second-order valence-corrected chi connectivity index (χ2v) is 8.18. The molecule has 33 heavy (non-hydrogen) atoms. The van der Waals surface area contributed by atoms with Crippen molar-refractivity contribution in [3.05, 3.63) is 100.0 Å². The predicted molar refractivity (Wildman–Crippen MR) is 128 cm³/mol. The molecule has 2 atom stereocenters. The summed E-state index contributed by atoms with van der Waals surface area (Å²) >= 11 is 0. The molecule has 1 aromatic heterocycles. The normalized spacial score (nSPS) is 13.2. The predicted octanol–water partition coefficient (Wildman–Crippen LogP) is 2.81. The van der Waals surface area contributed by atoms with Gasteiger partial charge in [0.1, 0.15) is 18.5 Å². The first-order chi connectivity index (χ1) is 15.9. The Labute approximate surface area is 192 Å². The van der Waals surface area contributed by atoms with Gasteiger partial charge < -0.3 is 20.3 Å². The van der Waals surface area contributed by atoms with Gasteiger partial charge in [0.2, 0.25) is 0 Å². The number of aryl methyl sites for hydroxylation is 2. The molecule has 7 heteroatoms. The average Bonchev–Trinajstić information content (AvgIpc) is 3.07. The lowest BCUT2D eigenvalue weighted by atomic mass is 10.1. The fourth-order valence-electron chi connectivity index (χ4n) is 3.85. The zero-order valence-electron chi connectivity index (χ0n) is 18.8. The fourth-order valence-corrected chi connectivity index (χ4v) is 3.85. The number of imidazole rings is 1. The number of hydrogen-bond acceptors (Lipinski definition) is 5. The molecule has 0 amide bonds. The van der Waals surface area contributed by atoms with Crippen LogP contribution >= 0.6 is 0 Å². The van der Waals surface area contributed by atoms with Gasteiger partial charge in [-0.3, -0.25) is 9.13 Å². The van der Waals surface area contributed by atoms with Crippen LogP contribution in [0.15, 0.2) is 77.6 Å². The van der Waals surface area contributed by atoms with Crippen molar-refractivity contribution in [2.75, 3.05) is 13.2 Å². The number of benzene rings is 3. The molecule has 0 saturated carbocycles. The summed E-state index contributed by atoms with van der Waals surface area (Å²) in [5.41, 5.74) is 4.14. The Morgan fingerprint density at radius 1 is 0.848 bits per heavy atom. The van der Waals surface area contributed by atoms with Crippen molar-refractivity contribution in [3.8, 4) is 5.75 Å². The number of hydrogen-bond donors (Lipinski definition) is 3. The van der Waals surface area contributed by atoms with Crippen LogP contribution in [0.4, 0.5) is 0 Å². The Bertz CT molecular complexity index is 1260. The number of rotatable bonds is 9. The highest BCUT2D eigenvalue weighted by Crippen LogP contribution is 2.21. The monoisotopic (exact) mass is 447 g/mol. The summed E-state index contributed by atoms with van der Waals surface area (Å²) in [6, 6.07) is 22.7. The number of aliphatic hydroxyl groups excluding tert-OH is 2. The molecule has 0 aliphatic rings. The Kier molecular flexibility index (Phi) is 6.93. The highest BCUT2D eigenvalue weighted by molar-refractivity contribution is 5.77. The minimum Gasteiger partial charge on any atom is -0.491 e. The number of aromatic nitrogens is 2. The standard InChI is InChI=1S/C26H29N3O4/c1-28-22-13-10-20(14-23(22)29(2)26(28)32)25(31)17-33-21-11-8-18(9-12-21)15-27-16-24(30)19-6-4-3-5-7-19/h3-14,24-25,27,30-31H,15-17H2,1-2H3/t24-,25+/m0/s1. The van der Waals surface area contributed by atoms with E-state index < -0.39 is 12.2 Å². The molecule has 4 rings (SSSR count). The van der Waals surface area contributed by atoms with Gasteiger partial charge in [-0.25, -0.2) is 4.79 Å². The number of ether oxygens (including phenoxy) is 1. The zero-order valence-corrected chi connectivity index (χ0v) is 18.8. The van der Waals surface area contributed by atoms with E-state index in [1.54, 1.807) is 23.2 Å². The first-order valence-corrected chi connectivity index (χ1v) is 10.9. The summed E-state index contributed by atoms with van der Waals surface area (Å²) in [6.45, 7) is 1.20. The highest BCUT2D eigenvalue weighted by Gasteiger charge is 2.13. The van der Waals surface area contributed by atoms with E-state index in [0.717, 1.165) is 22.2 Å². The molecule has 3 aromatic carbocycles. The summed E-state index contributed by atoms with van der Waals surface area (Å²) in [5.74, 6) is 0.662. The molecule has 0 unspecified atom stereocenters. The van der Waals surface area contributed by atoms with Gasteiger partial charge in [0.25, 0.3) is 0 Å². The minimum atomic E-state index is -0.814. The van der Waals surface area contributed by atoms with Crippen LogP contribution in [-0.2, 0) is 20.6 Å². The maximum absolute atomic E-state index is 12.1. The van der Waals surface area contributed by atoms with Crippen LogP contribution in [-0.4, -0.2) is 32.5 Å². The van der Waals surface area contributed by atoms with Crippen molar-refractivity contribution in [2.24, 2.45) is 14.1 Å². The Morgan fingerprint density at radius 3 is 2.27 bits per heavy atom. The third-order valence-electron chi connectivity index (χ3n) is 5.86. The Hall–Kier alpha value is -3.39. The molecule has 0 aliphatic carbocycles. The van der Waals surface area contributed by atoms with E-state index in [-0.39, 0.29) is 12.3 Å². The lowest BCUT2D eigenvalue weighted by molar-refractivity contribution is 0.108. The highest BCUT2D eigenvalue weighted by atomic mass is 16.5. The second kappa shape index (κ2) is 10.0. The van der Waals surface area contributed by atoms with E-state index in [1.807, 2.05) is 72.8 Å². The molecule has 7 nitrogen and oxygen atoms in total. The molecule has 0 radical (unpaired) electrons. The second-order valence-electron chi connectivity index (χ2n) is 8.18. The van der Waals surface area contributed by atoms with Gasteiger partial charge in [0, 0.05) is 27.2 Å². The summed E-state index contributed by atoms with van der Waals surface area (Å²) in [6.07, 6.45) is -1.36. The third kappa shape index (κ3) is 5.17. The van der Waals surface area contributed by atoms with Crippen molar-refractivity contribution in [1.82, 2.24) is 14.5 Å². The van der Waals surface area contributed by atoms with E-state index in [1.165, 1.54) is 0 Å². The summed E-state index contributed by atoms with van der Waals surface area (Å²) in [7, 11) is 3.45. The van der Waals surface area contributed by atoms with Crippen LogP contribution < -0.4 is 15.7 Å². The number of nitrogens with zero attached hydrogens (tertiary/aromatic N) is 2. The van der Waals surface area contributed by atoms with Gasteiger partial charge in [-0.1, -0.05) is 48.5 Å². The smallest absolute Gasteiger partial charge is 0.328 e. The van der Waals surface area contributed by atoms with Crippen LogP contribution in [0.1, 0.15) is 28.9 Å². The molecular weight excluding hydrogens is 418 g/mol. The molecule has 0 aliphatic heterocycles. The van der Waals surface area contributed by atoms with Crippen molar-refractivity contribution in [3.63, 3.8) is 0 Å². The van der Waals surface area contributed by atoms with Gasteiger partial charge in [-0.2, -0.15) is 0 Å². The number of aliphatic hydroxyl groups is 2. The van der Waals surface area contributed by atoms with E-state index in [9.17, 15) is 15.0 Å². The van der Waals surface area contributed by atoms with Crippen LogP contribution in [0.3, 0.4) is 0 Å². The van der Waals surface area contributed by atoms with Crippen LogP contribution in [0.2, 0.25) is 0 Å². The van der Waals surface area contributed by atoms with Crippen molar-refractivity contribution in [2.45, 2.75) is 18.8 Å². The van der Waals surface area contributed by atoms with E-state index in [2.05, 4.69) is 5.32 Å². The third-order valence-corrected chi connectivity index (χ3v) is 5.86. The van der Waals surface area contributed by atoms with Gasteiger partial charge in [0.15, 0.2) is 0 Å². The SMILES string of the molecule is Cn1c(=O)n(C)c2cc([C@H](O)COc3ccc(CNC[C@H](O)c4ccccc4)cc3)ccc21. The quantitative estimate of drug-likeness (QED) is 0.367. The summed E-state index contributed by atoms with van der Waals surface area (Å²) in [5, 5.41) is 24.1. The van der Waals surface area contributed by atoms with Crippen molar-refractivity contribution >= 4 is 11.0 Å². The molecule has 0 spiro atoms. The maximum Gasteiger partial charge on any atom is 0.328 e. The first-order valence-electron chi connectivity index (χ1n) is 10.9. The lowest BCUT2D eigenvalue weighted by Gasteiger charge is -2.14. The fraction of sp³-hybridized carbons (Fsp3) is 0.269. The van der Waals surface area contributed by atoms with Crippen LogP contribution in [0, 0.1) is 0 Å². The van der Waals surface area contributed by atoms with Gasteiger partial charge >= 0.3 is 5.69 Å².